The standard InChI is InChI=1S/C31H45ClN4O3.C2H6/c1-3-4-18-33-28(32)22(2)31(16-17-31)30(38)36-26(27(37)23-9-7-10-23)15-21-39-20-6-5-12-25-14-13-24-11-8-19-34-29(24)35-25;1-2/h13-14,18,26,37H,3-12,15-17,19-21H2,1-2H3,(H,34,35)(H,36,38);1-2H3/b28-22+,33-18-;. The number of carbonyl (C=O) groups excluding carboxylic acids is 1. The van der Waals surface area contributed by atoms with Gasteiger partial charge >= 0.3 is 0 Å². The lowest BCUT2D eigenvalue weighted by atomic mass is 9.88. The summed E-state index contributed by atoms with van der Waals surface area (Å²) >= 11 is 6.45. The Kier molecular flexibility index (Phi) is 13.7. The van der Waals surface area contributed by atoms with Crippen LogP contribution in [0.3, 0.4) is 0 Å². The highest BCUT2D eigenvalue weighted by Crippen LogP contribution is 2.53. The Balaban J connectivity index is 0.00000226. The molecule has 0 bridgehead atoms. The number of hydrogen-bond donors (Lipinski definition) is 3. The van der Waals surface area contributed by atoms with Gasteiger partial charge in [-0.1, -0.05) is 44.9 Å². The highest BCUT2D eigenvalue weighted by molar-refractivity contribution is 6.30. The summed E-state index contributed by atoms with van der Waals surface area (Å²) in [7, 11) is 0. The predicted octanol–water partition coefficient (Wildman–Crippen LogP) is 7.80. The Morgan fingerprint density at radius 3 is 2.68 bits per heavy atom. The van der Waals surface area contributed by atoms with Crippen molar-refractivity contribution in [2.24, 2.45) is 10.4 Å². The number of allylic oxidation sites excluding steroid dienone is 1. The summed E-state index contributed by atoms with van der Waals surface area (Å²) in [5.41, 5.74) is 3.68. The topological polar surface area (TPSA) is 95.8 Å². The lowest BCUT2D eigenvalue weighted by Crippen LogP contribution is -2.42. The number of nitrogens with zero attached hydrogens (tertiary/aromatic N) is 2. The summed E-state index contributed by atoms with van der Waals surface area (Å²) < 4.78 is 5.93. The molecule has 1 aromatic heterocycles. The molecule has 4 rings (SSSR count). The van der Waals surface area contributed by atoms with Gasteiger partial charge in [0.15, 0.2) is 0 Å². The van der Waals surface area contributed by atoms with Crippen LogP contribution in [0.25, 0.3) is 0 Å². The lowest BCUT2D eigenvalue weighted by molar-refractivity contribution is -0.125. The molecule has 3 N–H and O–H groups in total. The molecule has 2 aliphatic carbocycles. The third-order valence-corrected chi connectivity index (χ3v) is 8.64. The molecule has 2 heterocycles. The molecule has 1 aliphatic heterocycles. The summed E-state index contributed by atoms with van der Waals surface area (Å²) in [6.45, 7) is 10.1. The Morgan fingerprint density at radius 2 is 2.00 bits per heavy atom. The number of aromatic nitrogens is 1. The fourth-order valence-corrected chi connectivity index (χ4v) is 5.47. The van der Waals surface area contributed by atoms with Crippen LogP contribution >= 0.6 is 11.6 Å². The second-order valence-electron chi connectivity index (χ2n) is 11.2. The van der Waals surface area contributed by atoms with E-state index in [-0.39, 0.29) is 5.91 Å². The first-order valence-electron chi connectivity index (χ1n) is 15.9. The minimum atomic E-state index is -0.620. The van der Waals surface area contributed by atoms with Gasteiger partial charge in [-0.2, -0.15) is 0 Å². The van der Waals surface area contributed by atoms with Crippen molar-refractivity contribution < 1.29 is 14.6 Å². The maximum absolute atomic E-state index is 13.4. The molecule has 0 saturated heterocycles. The number of halogens is 1. The van der Waals surface area contributed by atoms with Gasteiger partial charge in [0.25, 0.3) is 0 Å². The fraction of sp³-hybridized carbons (Fsp3) is 0.667. The molecule has 8 heteroatoms. The number of aliphatic hydroxyl groups excluding tert-OH is 1. The van der Waals surface area contributed by atoms with Crippen LogP contribution < -0.4 is 10.6 Å². The zero-order chi connectivity index (χ0) is 29.7. The molecule has 2 fully saturated rings. The summed E-state index contributed by atoms with van der Waals surface area (Å²) in [5.74, 6) is 1.29. The highest BCUT2D eigenvalue weighted by Gasteiger charge is 2.52. The number of aliphatic imine (C=N–C) groups is 1. The number of amides is 1. The van der Waals surface area contributed by atoms with E-state index in [1.165, 1.54) is 12.0 Å². The van der Waals surface area contributed by atoms with Crippen LogP contribution in [0.4, 0.5) is 5.82 Å². The molecule has 0 spiro atoms. The number of ether oxygens (including phenoxy) is 1. The van der Waals surface area contributed by atoms with Crippen molar-refractivity contribution in [1.82, 2.24) is 10.3 Å². The van der Waals surface area contributed by atoms with Gasteiger partial charge in [0.1, 0.15) is 16.7 Å². The SMILES string of the molecule is CC.CCC/C=N\C(Cl)=C(/C)C1(C(=O)NC(CCOCCCCc2ccc3c(n2)NCCC3)C(O)=C2CCC2)CC1. The minimum Gasteiger partial charge on any atom is -0.510 e. The van der Waals surface area contributed by atoms with Gasteiger partial charge in [-0.25, -0.2) is 9.98 Å². The second-order valence-corrected chi connectivity index (χ2v) is 11.5. The molecule has 41 heavy (non-hydrogen) atoms. The van der Waals surface area contributed by atoms with Crippen LogP contribution in [-0.2, 0) is 22.4 Å². The zero-order valence-electron chi connectivity index (χ0n) is 25.7. The Morgan fingerprint density at radius 1 is 1.22 bits per heavy atom. The Hall–Kier alpha value is -2.38. The number of carbonyl (C=O) groups is 1. The van der Waals surface area contributed by atoms with Gasteiger partial charge in [-0.05, 0) is 107 Å². The molecule has 1 aromatic rings. The lowest BCUT2D eigenvalue weighted by Gasteiger charge is -2.27. The maximum atomic E-state index is 13.4. The molecule has 1 atom stereocenters. The number of rotatable bonds is 15. The first kappa shape index (κ1) is 33.1. The maximum Gasteiger partial charge on any atom is 0.231 e. The third-order valence-electron chi connectivity index (χ3n) is 8.26. The molecule has 3 aliphatic rings. The van der Waals surface area contributed by atoms with Crippen LogP contribution in [-0.4, -0.2) is 48.0 Å². The van der Waals surface area contributed by atoms with Crippen LogP contribution in [0.5, 0.6) is 0 Å². The average Bonchev–Trinajstić information content (AvgIpc) is 3.78. The van der Waals surface area contributed by atoms with Crippen molar-refractivity contribution in [2.75, 3.05) is 25.1 Å². The number of hydrogen-bond acceptors (Lipinski definition) is 6. The normalized spacial score (nSPS) is 18.2. The average molecular weight is 587 g/mol. The monoisotopic (exact) mass is 586 g/mol. The van der Waals surface area contributed by atoms with Crippen molar-refractivity contribution in [1.29, 1.82) is 0 Å². The van der Waals surface area contributed by atoms with Crippen molar-refractivity contribution in [3.05, 3.63) is 45.5 Å². The highest BCUT2D eigenvalue weighted by atomic mass is 35.5. The largest absolute Gasteiger partial charge is 0.510 e. The first-order chi connectivity index (χ1) is 19.9. The number of anilines is 1. The zero-order valence-corrected chi connectivity index (χ0v) is 26.4. The van der Waals surface area contributed by atoms with Gasteiger partial charge in [-0.3, -0.25) is 4.79 Å². The number of pyridine rings is 1. The number of aryl methyl sites for hydroxylation is 2. The van der Waals surface area contributed by atoms with E-state index in [0.29, 0.717) is 30.5 Å². The summed E-state index contributed by atoms with van der Waals surface area (Å²) in [6.07, 6.45) is 13.8. The summed E-state index contributed by atoms with van der Waals surface area (Å²) in [4.78, 5) is 22.5. The number of aliphatic hydroxyl groups is 1. The molecule has 1 unspecified atom stereocenters. The molecule has 0 aromatic carbocycles. The molecule has 1 amide bonds. The second kappa shape index (κ2) is 16.9. The fourth-order valence-electron chi connectivity index (χ4n) is 5.22. The summed E-state index contributed by atoms with van der Waals surface area (Å²) in [5, 5.41) is 17.9. The van der Waals surface area contributed by atoms with Crippen LogP contribution in [0.1, 0.15) is 110 Å². The van der Waals surface area contributed by atoms with Gasteiger partial charge in [0.05, 0.1) is 11.5 Å². The quantitative estimate of drug-likeness (QED) is 0.0843. The van der Waals surface area contributed by atoms with Gasteiger partial charge in [-0.15, -0.1) is 0 Å². The number of unbranched alkanes of at least 4 members (excludes halogenated alkanes) is 2. The molecule has 2 saturated carbocycles. The van der Waals surface area contributed by atoms with Crippen molar-refractivity contribution >= 4 is 29.5 Å². The van der Waals surface area contributed by atoms with Crippen LogP contribution in [0.15, 0.2) is 39.2 Å². The van der Waals surface area contributed by atoms with Crippen molar-refractivity contribution in [3.63, 3.8) is 0 Å². The molecule has 228 valence electrons. The van der Waals surface area contributed by atoms with Crippen LogP contribution in [0, 0.1) is 5.41 Å². The van der Waals surface area contributed by atoms with Crippen molar-refractivity contribution in [3.8, 4) is 0 Å². The van der Waals surface area contributed by atoms with Gasteiger partial charge < -0.3 is 20.5 Å². The summed E-state index contributed by atoms with van der Waals surface area (Å²) in [6, 6.07) is 3.91. The minimum absolute atomic E-state index is 0.0765. The Bertz CT molecular complexity index is 1090. The molecular formula is C33H51ClN4O3. The van der Waals surface area contributed by atoms with E-state index in [1.807, 2.05) is 27.0 Å². The number of nitrogens with one attached hydrogen (secondary N) is 2. The number of fused-ring (bicyclic) bond motifs is 1. The van der Waals surface area contributed by atoms with Crippen LogP contribution in [0.2, 0.25) is 0 Å². The van der Waals surface area contributed by atoms with Gasteiger partial charge in [0, 0.05) is 31.7 Å². The molecular weight excluding hydrogens is 536 g/mol. The van der Waals surface area contributed by atoms with E-state index in [2.05, 4.69) is 34.7 Å². The van der Waals surface area contributed by atoms with E-state index in [4.69, 9.17) is 21.3 Å². The third kappa shape index (κ3) is 9.31. The van der Waals surface area contributed by atoms with E-state index in [9.17, 15) is 9.90 Å². The molecule has 7 nitrogen and oxygen atoms in total. The van der Waals surface area contributed by atoms with Crippen molar-refractivity contribution in [2.45, 2.75) is 117 Å². The predicted molar refractivity (Wildman–Crippen MR) is 170 cm³/mol. The first-order valence-corrected chi connectivity index (χ1v) is 16.2. The van der Waals surface area contributed by atoms with E-state index in [0.717, 1.165) is 99.8 Å². The van der Waals surface area contributed by atoms with E-state index >= 15 is 0 Å². The Labute approximate surface area is 252 Å². The smallest absolute Gasteiger partial charge is 0.231 e. The van der Waals surface area contributed by atoms with Gasteiger partial charge in [0.2, 0.25) is 5.91 Å². The molecule has 0 radical (unpaired) electrons. The van der Waals surface area contributed by atoms with E-state index in [1.54, 1.807) is 0 Å². The van der Waals surface area contributed by atoms with E-state index < -0.39 is 11.5 Å².